The van der Waals surface area contributed by atoms with Crippen LogP contribution in [0.3, 0.4) is 0 Å². The van der Waals surface area contributed by atoms with Gasteiger partial charge in [0.15, 0.2) is 0 Å². The molecule has 2 rings (SSSR count). The SMILES string of the molecule is CC(C)(CNC(=O)c1cc(F)cnc1Cl)c1cccs1. The first-order chi connectivity index (χ1) is 9.40. The van der Waals surface area contributed by atoms with Crippen molar-refractivity contribution < 1.29 is 9.18 Å². The van der Waals surface area contributed by atoms with Crippen molar-refractivity contribution in [2.45, 2.75) is 19.3 Å². The van der Waals surface area contributed by atoms with Crippen molar-refractivity contribution in [1.29, 1.82) is 0 Å². The number of thiophene rings is 1. The molecule has 2 aromatic rings. The van der Waals surface area contributed by atoms with Crippen LogP contribution in [0.5, 0.6) is 0 Å². The van der Waals surface area contributed by atoms with E-state index < -0.39 is 11.7 Å². The third-order valence-corrected chi connectivity index (χ3v) is 4.47. The summed E-state index contributed by atoms with van der Waals surface area (Å²) < 4.78 is 13.1. The number of nitrogens with one attached hydrogen (secondary N) is 1. The second-order valence-electron chi connectivity index (χ2n) is 5.04. The Hall–Kier alpha value is -1.46. The van der Waals surface area contributed by atoms with Gasteiger partial charge < -0.3 is 5.32 Å². The van der Waals surface area contributed by atoms with Crippen LogP contribution in [0.1, 0.15) is 29.1 Å². The molecule has 0 fully saturated rings. The van der Waals surface area contributed by atoms with Crippen LogP contribution < -0.4 is 5.32 Å². The monoisotopic (exact) mass is 312 g/mol. The van der Waals surface area contributed by atoms with Crippen molar-refractivity contribution >= 4 is 28.8 Å². The van der Waals surface area contributed by atoms with Crippen LogP contribution in [0.25, 0.3) is 0 Å². The van der Waals surface area contributed by atoms with Crippen LogP contribution in [-0.2, 0) is 5.41 Å². The Morgan fingerprint density at radius 3 is 2.95 bits per heavy atom. The molecule has 0 aliphatic carbocycles. The average Bonchev–Trinajstić information content (AvgIpc) is 2.93. The van der Waals surface area contributed by atoms with Gasteiger partial charge in [-0.1, -0.05) is 31.5 Å². The molecule has 0 radical (unpaired) electrons. The zero-order valence-corrected chi connectivity index (χ0v) is 12.7. The van der Waals surface area contributed by atoms with Gasteiger partial charge in [-0.3, -0.25) is 4.79 Å². The first-order valence-electron chi connectivity index (χ1n) is 6.03. The Morgan fingerprint density at radius 2 is 2.30 bits per heavy atom. The van der Waals surface area contributed by atoms with Gasteiger partial charge in [0.1, 0.15) is 11.0 Å². The summed E-state index contributed by atoms with van der Waals surface area (Å²) in [6.45, 7) is 4.49. The quantitative estimate of drug-likeness (QED) is 0.876. The van der Waals surface area contributed by atoms with Gasteiger partial charge in [0, 0.05) is 16.8 Å². The van der Waals surface area contributed by atoms with E-state index in [0.29, 0.717) is 6.54 Å². The van der Waals surface area contributed by atoms with E-state index in [0.717, 1.165) is 12.3 Å². The van der Waals surface area contributed by atoms with E-state index in [9.17, 15) is 9.18 Å². The lowest BCUT2D eigenvalue weighted by Crippen LogP contribution is -2.36. The van der Waals surface area contributed by atoms with Crippen molar-refractivity contribution in [2.24, 2.45) is 0 Å². The minimum atomic E-state index is -0.586. The minimum Gasteiger partial charge on any atom is -0.351 e. The molecule has 0 unspecified atom stereocenters. The van der Waals surface area contributed by atoms with Gasteiger partial charge >= 0.3 is 0 Å². The molecule has 0 saturated heterocycles. The topological polar surface area (TPSA) is 42.0 Å². The van der Waals surface area contributed by atoms with E-state index in [-0.39, 0.29) is 16.1 Å². The summed E-state index contributed by atoms with van der Waals surface area (Å²) in [7, 11) is 0. The Balaban J connectivity index is 2.07. The van der Waals surface area contributed by atoms with Gasteiger partial charge in [-0.05, 0) is 17.5 Å². The first kappa shape index (κ1) is 14.9. The Labute approximate surface area is 125 Å². The number of nitrogens with zero attached hydrogens (tertiary/aromatic N) is 1. The average molecular weight is 313 g/mol. The summed E-state index contributed by atoms with van der Waals surface area (Å²) in [5, 5.41) is 4.76. The maximum Gasteiger partial charge on any atom is 0.254 e. The normalized spacial score (nSPS) is 11.4. The van der Waals surface area contributed by atoms with Crippen LogP contribution in [0.4, 0.5) is 4.39 Å². The molecule has 6 heteroatoms. The zero-order valence-electron chi connectivity index (χ0n) is 11.1. The molecule has 20 heavy (non-hydrogen) atoms. The third-order valence-electron chi connectivity index (χ3n) is 2.93. The number of halogens is 2. The lowest BCUT2D eigenvalue weighted by Gasteiger charge is -2.23. The fraction of sp³-hybridized carbons (Fsp3) is 0.286. The maximum absolute atomic E-state index is 13.1. The van der Waals surface area contributed by atoms with E-state index in [1.54, 1.807) is 11.3 Å². The second kappa shape index (κ2) is 5.89. The number of amides is 1. The highest BCUT2D eigenvalue weighted by Gasteiger charge is 2.23. The molecular formula is C14H14ClFN2OS. The van der Waals surface area contributed by atoms with Gasteiger partial charge in [-0.15, -0.1) is 11.3 Å². The van der Waals surface area contributed by atoms with Crippen molar-refractivity contribution in [3.8, 4) is 0 Å². The number of rotatable bonds is 4. The molecule has 0 aliphatic rings. The zero-order chi connectivity index (χ0) is 14.8. The first-order valence-corrected chi connectivity index (χ1v) is 7.29. The third kappa shape index (κ3) is 3.35. The molecule has 2 heterocycles. The molecule has 106 valence electrons. The molecule has 1 N–H and O–H groups in total. The summed E-state index contributed by atoms with van der Waals surface area (Å²) in [5.74, 6) is -1.01. The summed E-state index contributed by atoms with van der Waals surface area (Å²) in [6.07, 6.45) is 0.981. The number of aromatic nitrogens is 1. The van der Waals surface area contributed by atoms with Crippen molar-refractivity contribution in [2.75, 3.05) is 6.54 Å². The fourth-order valence-corrected chi connectivity index (χ4v) is 2.77. The molecule has 0 saturated carbocycles. The number of pyridine rings is 1. The van der Waals surface area contributed by atoms with Crippen LogP contribution in [-0.4, -0.2) is 17.4 Å². The number of carbonyl (C=O) groups is 1. The minimum absolute atomic E-state index is 0.00201. The maximum atomic E-state index is 13.1. The van der Waals surface area contributed by atoms with Gasteiger partial charge in [0.05, 0.1) is 11.8 Å². The Kier molecular flexibility index (Phi) is 4.40. The summed E-state index contributed by atoms with van der Waals surface area (Å²) in [4.78, 5) is 16.8. The van der Waals surface area contributed by atoms with E-state index in [4.69, 9.17) is 11.6 Å². The van der Waals surface area contributed by atoms with Crippen LogP contribution in [0.15, 0.2) is 29.8 Å². The lowest BCUT2D eigenvalue weighted by molar-refractivity contribution is 0.0945. The van der Waals surface area contributed by atoms with Gasteiger partial charge in [-0.2, -0.15) is 0 Å². The standard InChI is InChI=1S/C14H14ClFN2OS/c1-14(2,11-4-3-5-20-11)8-18-13(19)10-6-9(16)7-17-12(10)15/h3-7H,8H2,1-2H3,(H,18,19). The molecule has 0 aromatic carbocycles. The molecule has 0 aliphatic heterocycles. The van der Waals surface area contributed by atoms with Crippen molar-refractivity contribution in [1.82, 2.24) is 10.3 Å². The molecule has 0 atom stereocenters. The lowest BCUT2D eigenvalue weighted by atomic mass is 9.91. The predicted octanol–water partition coefficient (Wildman–Crippen LogP) is 3.64. The number of hydrogen-bond acceptors (Lipinski definition) is 3. The number of hydrogen-bond donors (Lipinski definition) is 1. The number of carbonyl (C=O) groups excluding carboxylic acids is 1. The van der Waals surface area contributed by atoms with Crippen LogP contribution in [0.2, 0.25) is 5.15 Å². The summed E-state index contributed by atoms with van der Waals surface area (Å²) in [6, 6.07) is 5.08. The molecule has 3 nitrogen and oxygen atoms in total. The van der Waals surface area contributed by atoms with E-state index in [2.05, 4.69) is 10.3 Å². The highest BCUT2D eigenvalue weighted by Crippen LogP contribution is 2.26. The molecule has 2 aromatic heterocycles. The van der Waals surface area contributed by atoms with E-state index in [1.807, 2.05) is 31.4 Å². The highest BCUT2D eigenvalue weighted by molar-refractivity contribution is 7.10. The van der Waals surface area contributed by atoms with Gasteiger partial charge in [0.25, 0.3) is 5.91 Å². The molecule has 0 spiro atoms. The van der Waals surface area contributed by atoms with Crippen molar-refractivity contribution in [3.63, 3.8) is 0 Å². The van der Waals surface area contributed by atoms with Crippen LogP contribution in [0, 0.1) is 5.82 Å². The van der Waals surface area contributed by atoms with Gasteiger partial charge in [0.2, 0.25) is 0 Å². The Morgan fingerprint density at radius 1 is 1.55 bits per heavy atom. The molecule has 0 bridgehead atoms. The smallest absolute Gasteiger partial charge is 0.254 e. The Bertz CT molecular complexity index is 614. The largest absolute Gasteiger partial charge is 0.351 e. The van der Waals surface area contributed by atoms with Crippen molar-refractivity contribution in [3.05, 3.63) is 51.2 Å². The van der Waals surface area contributed by atoms with Gasteiger partial charge in [-0.25, -0.2) is 9.37 Å². The highest BCUT2D eigenvalue weighted by atomic mass is 35.5. The summed E-state index contributed by atoms with van der Waals surface area (Å²) >= 11 is 7.44. The van der Waals surface area contributed by atoms with E-state index >= 15 is 0 Å². The molecule has 1 amide bonds. The molecular weight excluding hydrogens is 299 g/mol. The summed E-state index contributed by atoms with van der Waals surface area (Å²) in [5.41, 5.74) is -0.148. The second-order valence-corrected chi connectivity index (χ2v) is 6.34. The van der Waals surface area contributed by atoms with E-state index in [1.165, 1.54) is 4.88 Å². The van der Waals surface area contributed by atoms with Crippen LogP contribution >= 0.6 is 22.9 Å². The fourth-order valence-electron chi connectivity index (χ4n) is 1.73. The predicted molar refractivity (Wildman–Crippen MR) is 78.9 cm³/mol.